The molecule has 0 bridgehead atoms. The first-order valence-electron chi connectivity index (χ1n) is 13.0. The number of carboxylic acid groups (broad SMARTS) is 1. The summed E-state index contributed by atoms with van der Waals surface area (Å²) in [5.74, 6) is -3.55. The zero-order valence-corrected chi connectivity index (χ0v) is 22.6. The van der Waals surface area contributed by atoms with Gasteiger partial charge in [0.15, 0.2) is 11.6 Å². The van der Waals surface area contributed by atoms with Gasteiger partial charge in [-0.15, -0.1) is 0 Å². The number of hydrogen-bond acceptors (Lipinski definition) is 6. The predicted molar refractivity (Wildman–Crippen MR) is 140 cm³/mol. The summed E-state index contributed by atoms with van der Waals surface area (Å²) in [6.07, 6.45) is -4.34. The number of ether oxygens (including phenoxy) is 2. The number of halogens is 5. The first-order chi connectivity index (χ1) is 18.6. The van der Waals surface area contributed by atoms with E-state index in [4.69, 9.17) is 9.47 Å². The standard InChI is InChI=1S/C28H32F5N3O4/c1-16-22(15-24(37)38)36(34-26(16)28(31,32)33)17-5-7-18(8-6-17)39-19-9-11-35(12-10-19)23-14-20(40-27(2,3)4)13-21(29)25(23)30/h5-8,13-14,16,19,22H,9-12,15H2,1-4H3,(H,37,38)/t16-,22-/m0/s1. The van der Waals surface area contributed by atoms with Crippen molar-refractivity contribution in [1.82, 2.24) is 0 Å². The van der Waals surface area contributed by atoms with Gasteiger partial charge in [0.1, 0.15) is 28.9 Å². The molecule has 1 N–H and O–H groups in total. The smallest absolute Gasteiger partial charge is 0.431 e. The molecule has 12 heteroatoms. The van der Waals surface area contributed by atoms with Crippen LogP contribution in [0.15, 0.2) is 41.5 Å². The third-order valence-corrected chi connectivity index (χ3v) is 6.81. The SMILES string of the molecule is C[C@@H]1C(C(F)(F)F)=NN(c2ccc(OC3CCN(c4cc(OC(C)(C)C)cc(F)c4F)CC3)cc2)[C@H]1CC(=O)O. The molecular weight excluding hydrogens is 537 g/mol. The van der Waals surface area contributed by atoms with Gasteiger partial charge in [-0.25, -0.2) is 8.78 Å². The van der Waals surface area contributed by atoms with E-state index in [2.05, 4.69) is 5.10 Å². The number of nitrogens with zero attached hydrogens (tertiary/aromatic N) is 3. The fourth-order valence-corrected chi connectivity index (χ4v) is 4.96. The van der Waals surface area contributed by atoms with E-state index in [9.17, 15) is 31.9 Å². The van der Waals surface area contributed by atoms with Crippen LogP contribution in [0.5, 0.6) is 11.5 Å². The highest BCUT2D eigenvalue weighted by Crippen LogP contribution is 2.37. The normalized spacial score (nSPS) is 20.5. The number of aliphatic carboxylic acids is 1. The third kappa shape index (κ3) is 6.76. The van der Waals surface area contributed by atoms with Crippen molar-refractivity contribution in [3.05, 3.63) is 48.0 Å². The van der Waals surface area contributed by atoms with Gasteiger partial charge in [-0.1, -0.05) is 6.92 Å². The molecule has 0 radical (unpaired) electrons. The minimum Gasteiger partial charge on any atom is -0.490 e. The highest BCUT2D eigenvalue weighted by molar-refractivity contribution is 5.95. The summed E-state index contributed by atoms with van der Waals surface area (Å²) in [4.78, 5) is 13.0. The van der Waals surface area contributed by atoms with E-state index in [1.54, 1.807) is 17.0 Å². The van der Waals surface area contributed by atoms with Crippen LogP contribution >= 0.6 is 0 Å². The summed E-state index contributed by atoms with van der Waals surface area (Å²) >= 11 is 0. The molecule has 1 fully saturated rings. The number of piperidine rings is 1. The third-order valence-electron chi connectivity index (χ3n) is 6.81. The number of hydrogen-bond donors (Lipinski definition) is 1. The number of rotatable bonds is 7. The van der Waals surface area contributed by atoms with E-state index in [-0.39, 0.29) is 17.5 Å². The van der Waals surface area contributed by atoms with Crippen LogP contribution in [0.1, 0.15) is 47.0 Å². The highest BCUT2D eigenvalue weighted by Gasteiger charge is 2.48. The Morgan fingerprint density at radius 1 is 1.05 bits per heavy atom. The summed E-state index contributed by atoms with van der Waals surface area (Å²) in [6, 6.07) is 7.80. The van der Waals surface area contributed by atoms with Crippen LogP contribution in [0.2, 0.25) is 0 Å². The van der Waals surface area contributed by atoms with Gasteiger partial charge < -0.3 is 19.5 Å². The van der Waals surface area contributed by atoms with Crippen molar-refractivity contribution in [2.45, 2.75) is 70.9 Å². The lowest BCUT2D eigenvalue weighted by atomic mass is 9.94. The first-order valence-corrected chi connectivity index (χ1v) is 13.0. The molecule has 1 saturated heterocycles. The second-order valence-electron chi connectivity index (χ2n) is 11.0. The monoisotopic (exact) mass is 569 g/mol. The van der Waals surface area contributed by atoms with Crippen molar-refractivity contribution < 1.29 is 41.3 Å². The molecule has 2 aliphatic rings. The Morgan fingerprint density at radius 2 is 1.68 bits per heavy atom. The lowest BCUT2D eigenvalue weighted by Gasteiger charge is -2.34. The number of benzene rings is 2. The molecule has 2 aromatic rings. The van der Waals surface area contributed by atoms with Crippen molar-refractivity contribution in [2.24, 2.45) is 11.0 Å². The summed E-state index contributed by atoms with van der Waals surface area (Å²) in [5.41, 5.74) is -1.15. The second-order valence-corrected chi connectivity index (χ2v) is 11.0. The molecule has 0 aliphatic carbocycles. The maximum atomic E-state index is 14.6. The Balaban J connectivity index is 1.41. The molecule has 2 aromatic carbocycles. The van der Waals surface area contributed by atoms with E-state index < -0.39 is 53.5 Å². The molecule has 0 amide bonds. The van der Waals surface area contributed by atoms with Gasteiger partial charge in [-0.2, -0.15) is 18.3 Å². The summed E-state index contributed by atoms with van der Waals surface area (Å²) in [5, 5.41) is 14.0. The highest BCUT2D eigenvalue weighted by atomic mass is 19.4. The summed E-state index contributed by atoms with van der Waals surface area (Å²) < 4.78 is 80.9. The van der Waals surface area contributed by atoms with Crippen molar-refractivity contribution in [2.75, 3.05) is 23.0 Å². The van der Waals surface area contributed by atoms with Crippen LogP contribution in [0.4, 0.5) is 33.3 Å². The van der Waals surface area contributed by atoms with Crippen LogP contribution in [0.25, 0.3) is 0 Å². The van der Waals surface area contributed by atoms with Crippen LogP contribution in [-0.4, -0.2) is 53.8 Å². The molecule has 4 rings (SSSR count). The zero-order chi connectivity index (χ0) is 29.4. The summed E-state index contributed by atoms with van der Waals surface area (Å²) in [7, 11) is 0. The lowest BCUT2D eigenvalue weighted by Crippen LogP contribution is -2.39. The van der Waals surface area contributed by atoms with E-state index >= 15 is 0 Å². The Bertz CT molecular complexity index is 1250. The molecule has 0 saturated carbocycles. The fourth-order valence-electron chi connectivity index (χ4n) is 4.96. The number of carbonyl (C=O) groups is 1. The van der Waals surface area contributed by atoms with Crippen LogP contribution in [0.3, 0.4) is 0 Å². The molecule has 2 heterocycles. The Morgan fingerprint density at radius 3 is 2.23 bits per heavy atom. The van der Waals surface area contributed by atoms with Gasteiger partial charge in [0, 0.05) is 44.0 Å². The van der Waals surface area contributed by atoms with Crippen molar-refractivity contribution in [1.29, 1.82) is 0 Å². The van der Waals surface area contributed by atoms with Gasteiger partial charge in [0.05, 0.1) is 23.8 Å². The minimum absolute atomic E-state index is 0.122. The summed E-state index contributed by atoms with van der Waals surface area (Å²) in [6.45, 7) is 7.59. The van der Waals surface area contributed by atoms with Crippen LogP contribution in [-0.2, 0) is 4.79 Å². The average Bonchev–Trinajstić information content (AvgIpc) is 3.17. The molecule has 2 atom stereocenters. The Labute approximate surface area is 229 Å². The fraction of sp³-hybridized carbons (Fsp3) is 0.500. The molecule has 2 aliphatic heterocycles. The van der Waals surface area contributed by atoms with Crippen LogP contribution < -0.4 is 19.4 Å². The van der Waals surface area contributed by atoms with Gasteiger partial charge in [0.25, 0.3) is 0 Å². The van der Waals surface area contributed by atoms with E-state index in [0.717, 1.165) is 11.1 Å². The Hall–Kier alpha value is -3.57. The minimum atomic E-state index is -4.67. The number of carboxylic acids is 1. The first kappa shape index (κ1) is 29.4. The molecule has 40 heavy (non-hydrogen) atoms. The maximum absolute atomic E-state index is 14.6. The quantitative estimate of drug-likeness (QED) is 0.389. The number of alkyl halides is 3. The van der Waals surface area contributed by atoms with Crippen molar-refractivity contribution >= 4 is 23.1 Å². The van der Waals surface area contributed by atoms with Crippen molar-refractivity contribution in [3.8, 4) is 11.5 Å². The lowest BCUT2D eigenvalue weighted by molar-refractivity contribution is -0.137. The molecule has 0 spiro atoms. The van der Waals surface area contributed by atoms with Crippen molar-refractivity contribution in [3.63, 3.8) is 0 Å². The second kappa shape index (κ2) is 11.1. The molecule has 0 unspecified atom stereocenters. The topological polar surface area (TPSA) is 74.6 Å². The van der Waals surface area contributed by atoms with Gasteiger partial charge >= 0.3 is 12.1 Å². The maximum Gasteiger partial charge on any atom is 0.431 e. The molecular formula is C28H32F5N3O4. The molecule has 218 valence electrons. The van der Waals surface area contributed by atoms with E-state index in [0.29, 0.717) is 37.4 Å². The predicted octanol–water partition coefficient (Wildman–Crippen LogP) is 6.41. The average molecular weight is 570 g/mol. The van der Waals surface area contributed by atoms with Gasteiger partial charge in [-0.3, -0.25) is 9.80 Å². The van der Waals surface area contributed by atoms with E-state index in [1.165, 1.54) is 25.1 Å². The van der Waals surface area contributed by atoms with E-state index in [1.807, 2.05) is 20.8 Å². The number of anilines is 2. The van der Waals surface area contributed by atoms with Gasteiger partial charge in [0.2, 0.25) is 0 Å². The number of hydrazone groups is 1. The molecule has 0 aromatic heterocycles. The zero-order valence-electron chi connectivity index (χ0n) is 22.6. The largest absolute Gasteiger partial charge is 0.490 e. The molecule has 7 nitrogen and oxygen atoms in total. The Kier molecular flexibility index (Phi) is 8.18. The van der Waals surface area contributed by atoms with Gasteiger partial charge in [-0.05, 0) is 45.0 Å². The van der Waals surface area contributed by atoms with Crippen LogP contribution in [0, 0.1) is 17.6 Å².